The quantitative estimate of drug-likeness (QED) is 0.0320. The second-order valence-electron chi connectivity index (χ2n) is 25.0. The first-order valence-corrected chi connectivity index (χ1v) is 31.6. The van der Waals surface area contributed by atoms with E-state index in [1.165, 1.54) is 27.7 Å². The normalized spacial score (nSPS) is 15.9. The molecule has 0 spiro atoms. The van der Waals surface area contributed by atoms with E-state index in [9.17, 15) is 57.5 Å². The van der Waals surface area contributed by atoms with Crippen LogP contribution in [0.2, 0.25) is 0 Å². The maximum absolute atomic E-state index is 14.1. The Kier molecular flexibility index (Phi) is 40.0. The van der Waals surface area contributed by atoms with Gasteiger partial charge < -0.3 is 87.2 Å². The summed E-state index contributed by atoms with van der Waals surface area (Å²) < 4.78 is 0. The van der Waals surface area contributed by atoms with Crippen molar-refractivity contribution in [2.45, 2.75) is 259 Å². The summed E-state index contributed by atoms with van der Waals surface area (Å²) in [4.78, 5) is 162. The van der Waals surface area contributed by atoms with Gasteiger partial charge in [0.1, 0.15) is 66.5 Å². The Hall–Kier alpha value is -6.52. The van der Waals surface area contributed by atoms with Gasteiger partial charge in [0.25, 0.3) is 0 Å². The molecule has 28 nitrogen and oxygen atoms in total. The van der Waals surface area contributed by atoms with Gasteiger partial charge in [0.15, 0.2) is 0 Å². The van der Waals surface area contributed by atoms with E-state index >= 15 is 0 Å². The van der Waals surface area contributed by atoms with Crippen LogP contribution in [0.5, 0.6) is 0 Å². The first-order valence-electron chi connectivity index (χ1n) is 31.6. The average Bonchev–Trinajstić information content (AvgIpc) is 3.62. The zero-order valence-corrected chi connectivity index (χ0v) is 55.1. The third-order valence-corrected chi connectivity index (χ3v) is 14.7. The molecule has 0 aliphatic rings. The third-order valence-electron chi connectivity index (χ3n) is 14.7. The molecule has 88 heavy (non-hydrogen) atoms. The lowest BCUT2D eigenvalue weighted by molar-refractivity contribution is -0.136. The fourth-order valence-corrected chi connectivity index (χ4v) is 9.22. The zero-order chi connectivity index (χ0) is 67.5. The van der Waals surface area contributed by atoms with Crippen molar-refractivity contribution in [2.24, 2.45) is 58.3 Å². The fraction of sp³-hybridized carbons (Fsp3) is 0.800. The molecule has 0 heterocycles. The SMILES string of the molecule is CC[C@H](C)[C@H](NC(=O)[C@H](CCCCN)NC(=O)C(CCCCN)NC(=O)[C@H](C)NC(=O)[C@H](CC(C)C)NC(=O)[C@H](C)NC(=O)[C@H](C)NC(=O)[C@H](CC(C)C)NC(=O)[C@H](C)NC(=O)[C@H](CCCCN)NC(=O)[C@@H](N)CC(C)C)C(=O)N[C@@H](CC(C)C)C(N)=O. The van der Waals surface area contributed by atoms with Crippen molar-refractivity contribution in [3.8, 4) is 0 Å². The number of unbranched alkanes of at least 4 members (excludes halogenated alkanes) is 3. The summed E-state index contributed by atoms with van der Waals surface area (Å²) in [5.74, 6) is -8.90. The van der Waals surface area contributed by atoms with Crippen LogP contribution in [0.25, 0.3) is 0 Å². The molecular formula is C60H114N16O12. The van der Waals surface area contributed by atoms with Crippen molar-refractivity contribution in [2.75, 3.05) is 19.6 Å². The summed E-state index contributed by atoms with van der Waals surface area (Å²) in [6.45, 7) is 24.9. The van der Waals surface area contributed by atoms with E-state index in [-0.39, 0.29) is 68.7 Å². The number of carbonyl (C=O) groups is 12. The lowest BCUT2D eigenvalue weighted by atomic mass is 9.96. The molecule has 0 rings (SSSR count). The highest BCUT2D eigenvalue weighted by Crippen LogP contribution is 2.15. The zero-order valence-electron chi connectivity index (χ0n) is 55.1. The first kappa shape index (κ1) is 81.5. The van der Waals surface area contributed by atoms with Crippen molar-refractivity contribution >= 4 is 70.9 Å². The number of nitrogens with one attached hydrogen (secondary N) is 11. The second kappa shape index (κ2) is 43.2. The topological polar surface area (TPSA) is 467 Å². The smallest absolute Gasteiger partial charge is 0.243 e. The summed E-state index contributed by atoms with van der Waals surface area (Å²) in [6.07, 6.45) is 4.77. The molecule has 28 heteroatoms. The van der Waals surface area contributed by atoms with E-state index in [0.717, 1.165) is 0 Å². The summed E-state index contributed by atoms with van der Waals surface area (Å²) in [5.41, 5.74) is 28.8. The Morgan fingerprint density at radius 1 is 0.307 bits per heavy atom. The van der Waals surface area contributed by atoms with Gasteiger partial charge in [-0.05, 0) is 160 Å². The third kappa shape index (κ3) is 32.6. The number of hydrogen-bond acceptors (Lipinski definition) is 16. The van der Waals surface area contributed by atoms with Gasteiger partial charge in [0.2, 0.25) is 70.9 Å². The molecular weight excluding hydrogens is 1140 g/mol. The maximum Gasteiger partial charge on any atom is 0.243 e. The molecule has 0 saturated heterocycles. The molecule has 0 aliphatic carbocycles. The van der Waals surface area contributed by atoms with Crippen LogP contribution in [-0.4, -0.2) is 163 Å². The number of hydrogen-bond donors (Lipinski definition) is 16. The Bertz CT molecular complexity index is 2240. The molecule has 0 saturated carbocycles. The standard InChI is InChI=1S/C60H114N16O12/c1-15-36(10)48(60(88)73-45(49(65)77)29-33(4)5)76-57(85)44(24-18-21-27-63)72-56(84)43(23-17-20-26-62)70-51(79)39(13)69-59(87)47(31-35(8)9)74-52(80)38(12)66-50(78)37(11)68-58(86)46(30-34(6)7)75-53(81)40(14)67-55(83)42(22-16-19-25-61)71-54(82)41(64)28-32(2)3/h32-48H,15-31,61-64H2,1-14H3,(H2,65,77)(H,66,78)(H,67,83)(H,68,86)(H,69,87)(H,70,79)(H,71,82)(H,72,84)(H,73,88)(H,74,80)(H,75,81)(H,76,85)/t36-,37-,38-,39-,40-,41-,42-,43?,44-,45-,46-,47-,48-/m0/s1. The highest BCUT2D eigenvalue weighted by molar-refractivity contribution is 5.99. The molecule has 0 aliphatic heterocycles. The van der Waals surface area contributed by atoms with Gasteiger partial charge in [-0.3, -0.25) is 57.5 Å². The van der Waals surface area contributed by atoms with Crippen LogP contribution in [0.1, 0.15) is 187 Å². The summed E-state index contributed by atoms with van der Waals surface area (Å²) in [6, 6.07) is -13.6. The van der Waals surface area contributed by atoms with Gasteiger partial charge in [0.05, 0.1) is 6.04 Å². The lowest BCUT2D eigenvalue weighted by Gasteiger charge is -2.29. The van der Waals surface area contributed by atoms with E-state index in [2.05, 4.69) is 58.5 Å². The van der Waals surface area contributed by atoms with E-state index in [1.54, 1.807) is 20.8 Å². The number of rotatable bonds is 45. The predicted octanol–water partition coefficient (Wildman–Crippen LogP) is -1.17. The van der Waals surface area contributed by atoms with E-state index < -0.39 is 149 Å². The Morgan fingerprint density at radius 2 is 0.568 bits per heavy atom. The molecule has 13 atom stereocenters. The summed E-state index contributed by atoms with van der Waals surface area (Å²) >= 11 is 0. The van der Waals surface area contributed by atoms with Gasteiger partial charge in [-0.1, -0.05) is 75.7 Å². The molecule has 0 aromatic heterocycles. The van der Waals surface area contributed by atoms with Gasteiger partial charge in [0, 0.05) is 0 Å². The number of amides is 12. The van der Waals surface area contributed by atoms with Crippen LogP contribution in [-0.2, 0) is 57.5 Å². The van der Waals surface area contributed by atoms with E-state index in [0.29, 0.717) is 64.5 Å². The van der Waals surface area contributed by atoms with Gasteiger partial charge >= 0.3 is 0 Å². The Balaban J connectivity index is 6.18. The Morgan fingerprint density at radius 3 is 0.898 bits per heavy atom. The van der Waals surface area contributed by atoms with Crippen molar-refractivity contribution in [1.82, 2.24) is 58.5 Å². The van der Waals surface area contributed by atoms with Gasteiger partial charge in [-0.2, -0.15) is 0 Å². The van der Waals surface area contributed by atoms with Crippen LogP contribution >= 0.6 is 0 Å². The molecule has 0 aromatic rings. The monoisotopic (exact) mass is 1250 g/mol. The molecule has 0 fully saturated rings. The highest BCUT2D eigenvalue weighted by Gasteiger charge is 2.36. The van der Waals surface area contributed by atoms with Crippen molar-refractivity contribution in [3.63, 3.8) is 0 Å². The first-order chi connectivity index (χ1) is 41.1. The van der Waals surface area contributed by atoms with Crippen LogP contribution in [0.15, 0.2) is 0 Å². The minimum atomic E-state index is -1.27. The number of primary amides is 1. The van der Waals surface area contributed by atoms with Crippen LogP contribution < -0.4 is 87.2 Å². The van der Waals surface area contributed by atoms with Crippen molar-refractivity contribution < 1.29 is 57.5 Å². The largest absolute Gasteiger partial charge is 0.368 e. The van der Waals surface area contributed by atoms with E-state index in [1.807, 2.05) is 48.5 Å². The van der Waals surface area contributed by atoms with Crippen LogP contribution in [0.3, 0.4) is 0 Å². The van der Waals surface area contributed by atoms with Gasteiger partial charge in [-0.25, -0.2) is 0 Å². The second-order valence-corrected chi connectivity index (χ2v) is 25.0. The highest BCUT2D eigenvalue weighted by atomic mass is 16.2. The summed E-state index contributed by atoms with van der Waals surface area (Å²) in [7, 11) is 0. The van der Waals surface area contributed by atoms with Gasteiger partial charge in [-0.15, -0.1) is 0 Å². The molecule has 0 bridgehead atoms. The molecule has 12 amide bonds. The minimum Gasteiger partial charge on any atom is -0.368 e. The number of carbonyl (C=O) groups excluding carboxylic acids is 12. The lowest BCUT2D eigenvalue weighted by Crippen LogP contribution is -2.60. The fourth-order valence-electron chi connectivity index (χ4n) is 9.22. The molecule has 0 radical (unpaired) electrons. The van der Waals surface area contributed by atoms with Crippen LogP contribution in [0.4, 0.5) is 0 Å². The number of nitrogens with two attached hydrogens (primary N) is 5. The predicted molar refractivity (Wildman–Crippen MR) is 337 cm³/mol. The van der Waals surface area contributed by atoms with Crippen molar-refractivity contribution in [1.29, 1.82) is 0 Å². The van der Waals surface area contributed by atoms with E-state index in [4.69, 9.17) is 28.7 Å². The van der Waals surface area contributed by atoms with Crippen molar-refractivity contribution in [3.05, 3.63) is 0 Å². The Labute approximate surface area is 522 Å². The average molecular weight is 1250 g/mol. The molecule has 21 N–H and O–H groups in total. The molecule has 1 unspecified atom stereocenters. The molecule has 0 aromatic carbocycles. The maximum atomic E-state index is 14.1. The summed E-state index contributed by atoms with van der Waals surface area (Å²) in [5, 5.41) is 29.2. The minimum absolute atomic E-state index is 0.0215. The molecule has 506 valence electrons. The van der Waals surface area contributed by atoms with Crippen LogP contribution in [0, 0.1) is 29.6 Å².